The van der Waals surface area contributed by atoms with Crippen LogP contribution < -0.4 is 10.6 Å². The van der Waals surface area contributed by atoms with Gasteiger partial charge < -0.3 is 20.5 Å². The van der Waals surface area contributed by atoms with Crippen molar-refractivity contribution in [3.8, 4) is 11.1 Å². The minimum Gasteiger partial charge on any atom is -0.477 e. The third-order valence-electron chi connectivity index (χ3n) is 6.09. The number of ether oxygens (including phenoxy) is 1. The van der Waals surface area contributed by atoms with Crippen LogP contribution in [-0.2, 0) is 9.53 Å². The van der Waals surface area contributed by atoms with Crippen LogP contribution >= 0.6 is 0 Å². The van der Waals surface area contributed by atoms with Crippen molar-refractivity contribution in [2.45, 2.75) is 25.7 Å². The van der Waals surface area contributed by atoms with E-state index in [2.05, 4.69) is 39.9 Å². The van der Waals surface area contributed by atoms with E-state index in [1.807, 2.05) is 31.2 Å². The molecule has 1 atom stereocenters. The van der Waals surface area contributed by atoms with Crippen LogP contribution in [0.3, 0.4) is 0 Å². The average molecular weight is 474 g/mol. The molecule has 35 heavy (non-hydrogen) atoms. The van der Waals surface area contributed by atoms with Gasteiger partial charge in [0.25, 0.3) is 0 Å². The second-order valence-corrected chi connectivity index (χ2v) is 8.42. The van der Waals surface area contributed by atoms with E-state index in [1.165, 1.54) is 18.3 Å². The van der Waals surface area contributed by atoms with Crippen molar-refractivity contribution in [1.29, 1.82) is 0 Å². The van der Waals surface area contributed by atoms with E-state index in [0.717, 1.165) is 28.7 Å². The number of carbonyl (C=O) groups is 3. The Hall–Kier alpha value is -4.20. The molecule has 2 amide bonds. The van der Waals surface area contributed by atoms with Crippen LogP contribution in [0, 0.1) is 5.92 Å². The summed E-state index contributed by atoms with van der Waals surface area (Å²) < 4.78 is 5.55. The molecule has 1 aromatic heterocycles. The van der Waals surface area contributed by atoms with Crippen LogP contribution in [0.2, 0.25) is 0 Å². The molecule has 4 rings (SSSR count). The summed E-state index contributed by atoms with van der Waals surface area (Å²) >= 11 is 0. The molecule has 0 aliphatic heterocycles. The Labute approximate surface area is 203 Å². The Morgan fingerprint density at radius 2 is 1.66 bits per heavy atom. The van der Waals surface area contributed by atoms with Crippen molar-refractivity contribution in [2.24, 2.45) is 5.92 Å². The lowest BCUT2D eigenvalue weighted by molar-refractivity contribution is -0.119. The zero-order valence-electron chi connectivity index (χ0n) is 19.4. The topological polar surface area (TPSA) is 118 Å². The standard InChI is InChI=1S/C27H27N3O5/c1-2-7-17(25(31)30-18-12-13-24(26(32)33)28-15-18)14-29-27(34)35-16-23-21-10-5-3-8-19(21)20-9-4-6-11-22(20)23/h3-6,8-13,15,17,23H,2,7,14,16H2,1H3,(H,29,34)(H,30,31)(H,32,33). The highest BCUT2D eigenvalue weighted by molar-refractivity contribution is 5.93. The third kappa shape index (κ3) is 5.48. The van der Waals surface area contributed by atoms with Gasteiger partial charge in [0.15, 0.2) is 0 Å². The number of nitrogens with one attached hydrogen (secondary N) is 2. The fourth-order valence-electron chi connectivity index (χ4n) is 4.37. The number of fused-ring (bicyclic) bond motifs is 3. The maximum absolute atomic E-state index is 12.7. The molecule has 8 heteroatoms. The van der Waals surface area contributed by atoms with E-state index in [-0.39, 0.29) is 30.7 Å². The van der Waals surface area contributed by atoms with Crippen molar-refractivity contribution in [1.82, 2.24) is 10.3 Å². The molecule has 0 spiro atoms. The van der Waals surface area contributed by atoms with Crippen LogP contribution in [0.4, 0.5) is 10.5 Å². The molecule has 1 aliphatic rings. The molecule has 3 N–H and O–H groups in total. The highest BCUT2D eigenvalue weighted by Gasteiger charge is 2.29. The maximum atomic E-state index is 12.7. The van der Waals surface area contributed by atoms with Gasteiger partial charge in [-0.3, -0.25) is 4.79 Å². The maximum Gasteiger partial charge on any atom is 0.407 e. The minimum absolute atomic E-state index is 0.0378. The lowest BCUT2D eigenvalue weighted by Gasteiger charge is -2.18. The number of carboxylic acids is 1. The monoisotopic (exact) mass is 473 g/mol. The number of benzene rings is 2. The van der Waals surface area contributed by atoms with Crippen molar-refractivity contribution >= 4 is 23.7 Å². The summed E-state index contributed by atoms with van der Waals surface area (Å²) in [4.78, 5) is 39.9. The molecular formula is C27H27N3O5. The van der Waals surface area contributed by atoms with Gasteiger partial charge in [-0.2, -0.15) is 0 Å². The smallest absolute Gasteiger partial charge is 0.407 e. The number of carboxylic acid groups (broad SMARTS) is 1. The van der Waals surface area contributed by atoms with Crippen LogP contribution in [0.1, 0.15) is 47.3 Å². The SMILES string of the molecule is CCCC(CNC(=O)OCC1c2ccccc2-c2ccccc21)C(=O)Nc1ccc(C(=O)O)nc1. The molecule has 1 heterocycles. The number of rotatable bonds is 9. The van der Waals surface area contributed by atoms with E-state index in [9.17, 15) is 14.4 Å². The van der Waals surface area contributed by atoms with Crippen molar-refractivity contribution < 1.29 is 24.2 Å². The van der Waals surface area contributed by atoms with Gasteiger partial charge in [0.2, 0.25) is 5.91 Å². The highest BCUT2D eigenvalue weighted by atomic mass is 16.5. The highest BCUT2D eigenvalue weighted by Crippen LogP contribution is 2.44. The molecule has 1 aliphatic carbocycles. The van der Waals surface area contributed by atoms with Crippen LogP contribution in [0.5, 0.6) is 0 Å². The normalized spacial score (nSPS) is 12.8. The van der Waals surface area contributed by atoms with Crippen molar-refractivity contribution in [2.75, 3.05) is 18.5 Å². The number of anilines is 1. The molecule has 3 aromatic rings. The van der Waals surface area contributed by atoms with Gasteiger partial charge in [0, 0.05) is 12.5 Å². The Balaban J connectivity index is 1.33. The van der Waals surface area contributed by atoms with Gasteiger partial charge in [0.05, 0.1) is 17.8 Å². The summed E-state index contributed by atoms with van der Waals surface area (Å²) in [6.07, 6.45) is 2.04. The van der Waals surface area contributed by atoms with Gasteiger partial charge in [-0.15, -0.1) is 0 Å². The number of alkyl carbamates (subject to hydrolysis) is 1. The summed E-state index contributed by atoms with van der Waals surface area (Å²) in [5.74, 6) is -1.93. The molecule has 0 saturated carbocycles. The fraction of sp³-hybridized carbons (Fsp3) is 0.259. The number of carbonyl (C=O) groups excluding carboxylic acids is 2. The fourth-order valence-corrected chi connectivity index (χ4v) is 4.37. The Morgan fingerprint density at radius 3 is 2.23 bits per heavy atom. The summed E-state index contributed by atoms with van der Waals surface area (Å²) in [7, 11) is 0. The molecule has 2 aromatic carbocycles. The van der Waals surface area contributed by atoms with Crippen LogP contribution in [-0.4, -0.2) is 41.2 Å². The predicted molar refractivity (Wildman–Crippen MR) is 131 cm³/mol. The van der Waals surface area contributed by atoms with Crippen LogP contribution in [0.25, 0.3) is 11.1 Å². The first-order chi connectivity index (χ1) is 17.0. The van der Waals surface area contributed by atoms with Crippen molar-refractivity contribution in [3.63, 3.8) is 0 Å². The van der Waals surface area contributed by atoms with E-state index < -0.39 is 18.0 Å². The Kier molecular flexibility index (Phi) is 7.40. The van der Waals surface area contributed by atoms with E-state index in [1.54, 1.807) is 0 Å². The lowest BCUT2D eigenvalue weighted by Crippen LogP contribution is -2.36. The minimum atomic E-state index is -1.14. The summed E-state index contributed by atoms with van der Waals surface area (Å²) in [5, 5.41) is 14.4. The zero-order chi connectivity index (χ0) is 24.8. The second-order valence-electron chi connectivity index (χ2n) is 8.42. The van der Waals surface area contributed by atoms with E-state index in [4.69, 9.17) is 9.84 Å². The number of amides is 2. The van der Waals surface area contributed by atoms with Crippen molar-refractivity contribution in [3.05, 3.63) is 83.7 Å². The molecule has 0 bridgehead atoms. The van der Waals surface area contributed by atoms with E-state index in [0.29, 0.717) is 12.1 Å². The number of pyridine rings is 1. The van der Waals surface area contributed by atoms with Gasteiger partial charge in [-0.25, -0.2) is 14.6 Å². The Bertz CT molecular complexity index is 1180. The molecule has 0 radical (unpaired) electrons. The average Bonchev–Trinajstić information content (AvgIpc) is 3.19. The molecular weight excluding hydrogens is 446 g/mol. The first-order valence-corrected chi connectivity index (χ1v) is 11.6. The van der Waals surface area contributed by atoms with Gasteiger partial charge in [0.1, 0.15) is 12.3 Å². The molecule has 180 valence electrons. The van der Waals surface area contributed by atoms with Gasteiger partial charge in [-0.1, -0.05) is 61.9 Å². The molecule has 8 nitrogen and oxygen atoms in total. The zero-order valence-corrected chi connectivity index (χ0v) is 19.4. The van der Waals surface area contributed by atoms with Gasteiger partial charge in [-0.05, 0) is 40.8 Å². The largest absolute Gasteiger partial charge is 0.477 e. The number of aromatic nitrogens is 1. The number of aromatic carboxylic acids is 1. The van der Waals surface area contributed by atoms with E-state index >= 15 is 0 Å². The summed E-state index contributed by atoms with van der Waals surface area (Å²) in [6, 6.07) is 19.0. The first-order valence-electron chi connectivity index (χ1n) is 11.6. The van der Waals surface area contributed by atoms with Crippen LogP contribution in [0.15, 0.2) is 66.9 Å². The molecule has 0 fully saturated rings. The third-order valence-corrected chi connectivity index (χ3v) is 6.09. The first kappa shape index (κ1) is 23.9. The van der Waals surface area contributed by atoms with Gasteiger partial charge >= 0.3 is 12.1 Å². The predicted octanol–water partition coefficient (Wildman–Crippen LogP) is 4.67. The Morgan fingerprint density at radius 1 is 1.00 bits per heavy atom. The summed E-state index contributed by atoms with van der Waals surface area (Å²) in [6.45, 7) is 2.28. The quantitative estimate of drug-likeness (QED) is 0.416. The lowest BCUT2D eigenvalue weighted by atomic mass is 9.98. The molecule has 1 unspecified atom stereocenters. The summed E-state index contributed by atoms with van der Waals surface area (Å²) in [5.41, 5.74) is 4.86. The second kappa shape index (κ2) is 10.8. The number of nitrogens with zero attached hydrogens (tertiary/aromatic N) is 1. The number of hydrogen-bond donors (Lipinski definition) is 3. The molecule has 0 saturated heterocycles. The number of hydrogen-bond acceptors (Lipinski definition) is 5.